The Labute approximate surface area is 109 Å². The molecule has 0 aromatic carbocycles. The summed E-state index contributed by atoms with van der Waals surface area (Å²) in [7, 11) is 3.94. The summed E-state index contributed by atoms with van der Waals surface area (Å²) >= 11 is 0. The Hall–Kier alpha value is -1.36. The average Bonchev–Trinajstić information content (AvgIpc) is 2.20. The smallest absolute Gasteiger partial charge is 0.305 e. The first-order chi connectivity index (χ1) is 8.32. The second kappa shape index (κ2) is 8.69. The molecule has 0 aliphatic heterocycles. The van der Waals surface area contributed by atoms with E-state index in [-0.39, 0.29) is 18.9 Å². The van der Waals surface area contributed by atoms with Gasteiger partial charge in [-0.1, -0.05) is 5.57 Å². The van der Waals surface area contributed by atoms with Gasteiger partial charge in [-0.15, -0.1) is 0 Å². The largest absolute Gasteiger partial charge is 0.481 e. The highest BCUT2D eigenvalue weighted by molar-refractivity contribution is 5.88. The van der Waals surface area contributed by atoms with Crippen LogP contribution >= 0.6 is 0 Å². The number of hydrogen-bond donors (Lipinski definition) is 1. The third-order valence-corrected chi connectivity index (χ3v) is 2.35. The first-order valence-corrected chi connectivity index (χ1v) is 6.13. The van der Waals surface area contributed by atoms with Crippen molar-refractivity contribution in [2.75, 3.05) is 33.7 Å². The van der Waals surface area contributed by atoms with Gasteiger partial charge in [-0.2, -0.15) is 0 Å². The first kappa shape index (κ1) is 16.6. The molecule has 0 aliphatic rings. The number of aliphatic carboxylic acids is 1. The zero-order chi connectivity index (χ0) is 14.1. The molecule has 1 N–H and O–H groups in total. The highest BCUT2D eigenvalue weighted by Gasteiger charge is 2.12. The highest BCUT2D eigenvalue weighted by atomic mass is 16.4. The molecule has 0 aromatic rings. The van der Waals surface area contributed by atoms with E-state index in [0.29, 0.717) is 6.54 Å². The summed E-state index contributed by atoms with van der Waals surface area (Å²) in [5.41, 5.74) is 0.924. The van der Waals surface area contributed by atoms with Crippen LogP contribution in [0.1, 0.15) is 26.7 Å². The fourth-order valence-electron chi connectivity index (χ4n) is 1.48. The molecular weight excluding hydrogens is 232 g/mol. The second-order valence-electron chi connectivity index (χ2n) is 4.85. The molecule has 0 aromatic heterocycles. The van der Waals surface area contributed by atoms with Gasteiger partial charge in [0.15, 0.2) is 0 Å². The van der Waals surface area contributed by atoms with Crippen LogP contribution in [0.3, 0.4) is 0 Å². The molecule has 18 heavy (non-hydrogen) atoms. The molecule has 0 rings (SSSR count). The predicted molar refractivity (Wildman–Crippen MR) is 71.4 cm³/mol. The maximum atomic E-state index is 11.9. The number of carbonyl (C=O) groups is 2. The van der Waals surface area contributed by atoms with Crippen molar-refractivity contribution in [3.63, 3.8) is 0 Å². The van der Waals surface area contributed by atoms with E-state index in [1.165, 1.54) is 0 Å². The van der Waals surface area contributed by atoms with Crippen LogP contribution < -0.4 is 0 Å². The minimum absolute atomic E-state index is 0.00962. The number of carboxylic acid groups (broad SMARTS) is 1. The van der Waals surface area contributed by atoms with Crippen molar-refractivity contribution in [3.05, 3.63) is 11.6 Å². The van der Waals surface area contributed by atoms with Crippen LogP contribution in [0.2, 0.25) is 0 Å². The summed E-state index contributed by atoms with van der Waals surface area (Å²) in [5.74, 6) is -0.979. The summed E-state index contributed by atoms with van der Waals surface area (Å²) in [6.07, 6.45) is 2.39. The van der Waals surface area contributed by atoms with E-state index in [1.807, 2.05) is 32.8 Å². The van der Waals surface area contributed by atoms with E-state index in [4.69, 9.17) is 5.11 Å². The summed E-state index contributed by atoms with van der Waals surface area (Å²) in [6, 6.07) is 0. The summed E-state index contributed by atoms with van der Waals surface area (Å²) in [4.78, 5) is 26.1. The van der Waals surface area contributed by atoms with Gasteiger partial charge in [0.25, 0.3) is 0 Å². The molecule has 104 valence electrons. The molecule has 0 radical (unpaired) electrons. The number of amides is 1. The number of allylic oxidation sites excluding steroid dienone is 1. The van der Waals surface area contributed by atoms with E-state index < -0.39 is 5.97 Å². The lowest BCUT2D eigenvalue weighted by atomic mass is 10.2. The zero-order valence-corrected chi connectivity index (χ0v) is 11.8. The van der Waals surface area contributed by atoms with Crippen molar-refractivity contribution in [2.45, 2.75) is 26.7 Å². The minimum atomic E-state index is -0.877. The zero-order valence-electron chi connectivity index (χ0n) is 11.8. The summed E-state index contributed by atoms with van der Waals surface area (Å²) in [5, 5.41) is 8.68. The molecule has 0 atom stereocenters. The SMILES string of the molecule is CC(C)=CC(=O)N(CCCN(C)C)CCC(=O)O. The predicted octanol–water partition coefficient (Wildman–Crippen LogP) is 1.21. The van der Waals surface area contributed by atoms with Crippen molar-refractivity contribution in [3.8, 4) is 0 Å². The van der Waals surface area contributed by atoms with Crippen LogP contribution in [-0.4, -0.2) is 60.5 Å². The second-order valence-corrected chi connectivity index (χ2v) is 4.85. The normalized spacial score (nSPS) is 10.3. The van der Waals surface area contributed by atoms with E-state index in [2.05, 4.69) is 0 Å². The Bertz CT molecular complexity index is 307. The van der Waals surface area contributed by atoms with Gasteiger partial charge in [0.2, 0.25) is 5.91 Å². The Kier molecular flexibility index (Phi) is 8.03. The monoisotopic (exact) mass is 256 g/mol. The lowest BCUT2D eigenvalue weighted by molar-refractivity contribution is -0.138. The summed E-state index contributed by atoms with van der Waals surface area (Å²) in [6.45, 7) is 5.45. The van der Waals surface area contributed by atoms with Crippen molar-refractivity contribution in [2.24, 2.45) is 0 Å². The van der Waals surface area contributed by atoms with Gasteiger partial charge in [0, 0.05) is 19.2 Å². The molecule has 0 spiro atoms. The van der Waals surface area contributed by atoms with Crippen molar-refractivity contribution >= 4 is 11.9 Å². The Morgan fingerprint density at radius 3 is 2.17 bits per heavy atom. The van der Waals surface area contributed by atoms with E-state index in [0.717, 1.165) is 18.5 Å². The maximum absolute atomic E-state index is 11.9. The molecule has 0 aliphatic carbocycles. The minimum Gasteiger partial charge on any atom is -0.481 e. The lowest BCUT2D eigenvalue weighted by Gasteiger charge is -2.21. The van der Waals surface area contributed by atoms with Crippen LogP contribution in [-0.2, 0) is 9.59 Å². The van der Waals surface area contributed by atoms with E-state index in [9.17, 15) is 9.59 Å². The van der Waals surface area contributed by atoms with Crippen LogP contribution in [0.25, 0.3) is 0 Å². The number of nitrogens with zero attached hydrogens (tertiary/aromatic N) is 2. The number of rotatable bonds is 8. The Morgan fingerprint density at radius 1 is 1.11 bits per heavy atom. The third-order valence-electron chi connectivity index (χ3n) is 2.35. The van der Waals surface area contributed by atoms with Gasteiger partial charge >= 0.3 is 5.97 Å². The molecular formula is C13H24N2O3. The molecule has 0 saturated heterocycles. The van der Waals surface area contributed by atoms with Crippen molar-refractivity contribution < 1.29 is 14.7 Å². The lowest BCUT2D eigenvalue weighted by Crippen LogP contribution is -2.34. The molecule has 0 heterocycles. The average molecular weight is 256 g/mol. The number of carbonyl (C=O) groups excluding carboxylic acids is 1. The molecule has 1 amide bonds. The Balaban J connectivity index is 4.37. The van der Waals surface area contributed by atoms with Gasteiger partial charge in [0.1, 0.15) is 0 Å². The molecule has 0 saturated carbocycles. The van der Waals surface area contributed by atoms with Gasteiger partial charge in [-0.3, -0.25) is 9.59 Å². The molecule has 5 nitrogen and oxygen atoms in total. The number of hydrogen-bond acceptors (Lipinski definition) is 3. The topological polar surface area (TPSA) is 60.9 Å². The van der Waals surface area contributed by atoms with Crippen molar-refractivity contribution in [1.29, 1.82) is 0 Å². The van der Waals surface area contributed by atoms with Gasteiger partial charge in [-0.05, 0) is 40.9 Å². The van der Waals surface area contributed by atoms with E-state index >= 15 is 0 Å². The van der Waals surface area contributed by atoms with E-state index in [1.54, 1.807) is 11.0 Å². The third kappa shape index (κ3) is 8.75. The van der Waals surface area contributed by atoms with Gasteiger partial charge < -0.3 is 14.9 Å². The maximum Gasteiger partial charge on any atom is 0.305 e. The quantitative estimate of drug-likeness (QED) is 0.663. The first-order valence-electron chi connectivity index (χ1n) is 6.13. The Morgan fingerprint density at radius 2 is 1.72 bits per heavy atom. The molecule has 0 fully saturated rings. The van der Waals surface area contributed by atoms with Crippen LogP contribution in [0.4, 0.5) is 0 Å². The van der Waals surface area contributed by atoms with Gasteiger partial charge in [0.05, 0.1) is 6.42 Å². The molecule has 0 unspecified atom stereocenters. The highest BCUT2D eigenvalue weighted by Crippen LogP contribution is 2.00. The standard InChI is InChI=1S/C13H24N2O3/c1-11(2)10-12(16)15(9-6-13(17)18)8-5-7-14(3)4/h10H,5-9H2,1-4H3,(H,17,18). The molecule has 0 bridgehead atoms. The fraction of sp³-hybridized carbons (Fsp3) is 0.692. The van der Waals surface area contributed by atoms with Gasteiger partial charge in [-0.25, -0.2) is 0 Å². The molecule has 5 heteroatoms. The van der Waals surface area contributed by atoms with Crippen LogP contribution in [0.15, 0.2) is 11.6 Å². The van der Waals surface area contributed by atoms with Crippen LogP contribution in [0, 0.1) is 0 Å². The van der Waals surface area contributed by atoms with Crippen LogP contribution in [0.5, 0.6) is 0 Å². The van der Waals surface area contributed by atoms with Crippen molar-refractivity contribution in [1.82, 2.24) is 9.80 Å². The number of carboxylic acids is 1. The summed E-state index contributed by atoms with van der Waals surface area (Å²) < 4.78 is 0. The fourth-order valence-corrected chi connectivity index (χ4v) is 1.48.